The predicted octanol–water partition coefficient (Wildman–Crippen LogP) is 5.58. The highest BCUT2D eigenvalue weighted by Gasteiger charge is 2.37. The molecule has 0 fully saturated rings. The van der Waals surface area contributed by atoms with Gasteiger partial charge in [0.25, 0.3) is 11.8 Å². The molecule has 0 aliphatic heterocycles. The van der Waals surface area contributed by atoms with Gasteiger partial charge in [0.05, 0.1) is 0 Å². The van der Waals surface area contributed by atoms with Gasteiger partial charge in [0.2, 0.25) is 0 Å². The predicted molar refractivity (Wildman–Crippen MR) is 152 cm³/mol. The molecule has 0 aromatic heterocycles. The van der Waals surface area contributed by atoms with E-state index in [4.69, 9.17) is 11.2 Å². The van der Waals surface area contributed by atoms with Crippen molar-refractivity contribution in [1.29, 1.82) is 0 Å². The van der Waals surface area contributed by atoms with Crippen LogP contribution in [0.25, 0.3) is 10.8 Å². The van der Waals surface area contributed by atoms with Crippen molar-refractivity contribution >= 4 is 34.4 Å². The lowest BCUT2D eigenvalue weighted by atomic mass is 9.99. The van der Waals surface area contributed by atoms with Crippen LogP contribution < -0.4 is 10.6 Å². The Labute approximate surface area is 229 Å². The second-order valence-electron chi connectivity index (χ2n) is 10.7. The third-order valence-corrected chi connectivity index (χ3v) is 5.83. The average molecular weight is 530 g/mol. The van der Waals surface area contributed by atoms with E-state index >= 15 is 0 Å². The fourth-order valence-electron chi connectivity index (χ4n) is 4.17. The highest BCUT2D eigenvalue weighted by molar-refractivity contribution is 6.01. The molecular formula is C31H35N3O5. The van der Waals surface area contributed by atoms with Gasteiger partial charge >= 0.3 is 6.09 Å². The van der Waals surface area contributed by atoms with E-state index in [-0.39, 0.29) is 23.7 Å². The normalized spacial score (nSPS) is 12.7. The molecule has 3 aromatic rings. The molecule has 3 amide bonds. The Morgan fingerprint density at radius 3 is 2.26 bits per heavy atom. The third kappa shape index (κ3) is 7.74. The van der Waals surface area contributed by atoms with Crippen molar-refractivity contribution in [1.82, 2.24) is 10.2 Å². The molecular weight excluding hydrogens is 494 g/mol. The lowest BCUT2D eigenvalue weighted by Gasteiger charge is -2.31. The van der Waals surface area contributed by atoms with Crippen LogP contribution in [0.5, 0.6) is 5.75 Å². The molecule has 2 unspecified atom stereocenters. The maximum Gasteiger partial charge on any atom is 0.408 e. The molecule has 0 heterocycles. The first-order valence-corrected chi connectivity index (χ1v) is 12.8. The number of fused-ring (bicyclic) bond motifs is 1. The first-order chi connectivity index (χ1) is 18.4. The number of carbonyl (C=O) groups is 3. The van der Waals surface area contributed by atoms with Gasteiger partial charge in [-0.2, -0.15) is 0 Å². The Kier molecular flexibility index (Phi) is 9.20. The highest BCUT2D eigenvalue weighted by Crippen LogP contribution is 2.31. The van der Waals surface area contributed by atoms with Gasteiger partial charge in [-0.25, -0.2) is 4.79 Å². The highest BCUT2D eigenvalue weighted by atomic mass is 16.6. The van der Waals surface area contributed by atoms with E-state index in [1.165, 1.54) is 12.1 Å². The zero-order valence-electron chi connectivity index (χ0n) is 22.9. The molecule has 0 bridgehead atoms. The van der Waals surface area contributed by atoms with Crippen LogP contribution in [0.4, 0.5) is 10.5 Å². The number of hydrogen-bond donors (Lipinski definition) is 3. The number of hydrogen-bond acceptors (Lipinski definition) is 5. The van der Waals surface area contributed by atoms with Crippen molar-refractivity contribution in [3.8, 4) is 18.2 Å². The van der Waals surface area contributed by atoms with Crippen molar-refractivity contribution < 1.29 is 24.2 Å². The number of terminal acetylenes is 1. The number of rotatable bonds is 8. The molecule has 3 aromatic carbocycles. The fraction of sp³-hybridized carbons (Fsp3) is 0.323. The van der Waals surface area contributed by atoms with Gasteiger partial charge in [-0.3, -0.25) is 14.5 Å². The summed E-state index contributed by atoms with van der Waals surface area (Å²) in [6, 6.07) is 19.1. The second-order valence-corrected chi connectivity index (χ2v) is 10.7. The van der Waals surface area contributed by atoms with E-state index in [1.54, 1.807) is 39.0 Å². The minimum atomic E-state index is -1.38. The number of ether oxygens (including phenoxy) is 1. The van der Waals surface area contributed by atoms with Crippen molar-refractivity contribution in [2.45, 2.75) is 58.7 Å². The number of carbonyl (C=O) groups excluding carboxylic acids is 3. The van der Waals surface area contributed by atoms with Gasteiger partial charge in [0.1, 0.15) is 17.4 Å². The monoisotopic (exact) mass is 529 g/mol. The molecule has 2 atom stereocenters. The Bertz CT molecular complexity index is 1390. The first kappa shape index (κ1) is 29.1. The van der Waals surface area contributed by atoms with Gasteiger partial charge in [0, 0.05) is 17.3 Å². The van der Waals surface area contributed by atoms with Crippen molar-refractivity contribution in [2.24, 2.45) is 5.92 Å². The van der Waals surface area contributed by atoms with E-state index < -0.39 is 35.6 Å². The minimum Gasteiger partial charge on any atom is -0.508 e. The molecule has 0 aliphatic carbocycles. The van der Waals surface area contributed by atoms with Crippen LogP contribution in [0.3, 0.4) is 0 Å². The van der Waals surface area contributed by atoms with Crippen LogP contribution in [-0.4, -0.2) is 39.6 Å². The van der Waals surface area contributed by atoms with Crippen molar-refractivity contribution in [2.75, 3.05) is 5.32 Å². The first-order valence-electron chi connectivity index (χ1n) is 12.8. The lowest BCUT2D eigenvalue weighted by molar-refractivity contribution is -0.137. The average Bonchev–Trinajstić information content (AvgIpc) is 2.85. The minimum absolute atomic E-state index is 0.00326. The number of nitrogens with one attached hydrogen (secondary N) is 2. The summed E-state index contributed by atoms with van der Waals surface area (Å²) in [5.74, 6) is -1.51. The molecule has 0 radical (unpaired) electrons. The van der Waals surface area contributed by atoms with Crippen molar-refractivity contribution in [3.05, 3.63) is 72.3 Å². The number of phenolic OH excluding ortho intramolecular Hbond substituents is 1. The number of aromatic hydroxyl groups is 1. The van der Waals surface area contributed by atoms with Crippen LogP contribution in [-0.2, 0) is 14.3 Å². The molecule has 3 rings (SSSR count). The van der Waals surface area contributed by atoms with Crippen LogP contribution in [0.2, 0.25) is 0 Å². The molecule has 8 heteroatoms. The zero-order chi connectivity index (χ0) is 28.7. The summed E-state index contributed by atoms with van der Waals surface area (Å²) in [6.07, 6.45) is 5.28. The Morgan fingerprint density at radius 2 is 1.64 bits per heavy atom. The van der Waals surface area contributed by atoms with E-state index in [1.807, 2.05) is 50.2 Å². The third-order valence-electron chi connectivity index (χ3n) is 5.83. The largest absolute Gasteiger partial charge is 0.508 e. The molecule has 0 aliphatic rings. The number of nitrogens with zero attached hydrogens (tertiary/aromatic N) is 1. The van der Waals surface area contributed by atoms with Gasteiger partial charge in [-0.15, -0.1) is 0 Å². The summed E-state index contributed by atoms with van der Waals surface area (Å²) in [7, 11) is 0. The van der Waals surface area contributed by atoms with Crippen LogP contribution in [0.15, 0.2) is 66.7 Å². The summed E-state index contributed by atoms with van der Waals surface area (Å²) >= 11 is 0. The van der Waals surface area contributed by atoms with Gasteiger partial charge in [0.15, 0.2) is 6.04 Å². The van der Waals surface area contributed by atoms with Crippen LogP contribution in [0, 0.1) is 18.4 Å². The molecule has 0 spiro atoms. The number of anilines is 1. The topological polar surface area (TPSA) is 108 Å². The maximum absolute atomic E-state index is 13.8. The molecule has 8 nitrogen and oxygen atoms in total. The number of amides is 3. The Hall–Kier alpha value is -4.51. The van der Waals surface area contributed by atoms with Gasteiger partial charge < -0.3 is 20.5 Å². The second kappa shape index (κ2) is 12.4. The van der Waals surface area contributed by atoms with Crippen LogP contribution in [0.1, 0.15) is 52.6 Å². The SMILES string of the molecule is C#CN(C(=O)C(CC(C)C)NC(=O)OC(C)(C)C)C(C(=O)Nc1ccc2ccccc2c1)c1ccccc1O. The number of phenols is 1. The van der Waals surface area contributed by atoms with E-state index in [0.717, 1.165) is 15.7 Å². The summed E-state index contributed by atoms with van der Waals surface area (Å²) < 4.78 is 5.35. The Balaban J connectivity index is 1.98. The zero-order valence-corrected chi connectivity index (χ0v) is 22.9. The van der Waals surface area contributed by atoms with Crippen LogP contribution >= 0.6 is 0 Å². The molecule has 39 heavy (non-hydrogen) atoms. The number of para-hydroxylation sites is 1. The lowest BCUT2D eigenvalue weighted by Crippen LogP contribution is -2.51. The van der Waals surface area contributed by atoms with Gasteiger partial charge in [-0.1, -0.05) is 68.8 Å². The smallest absolute Gasteiger partial charge is 0.408 e. The standard InChI is InChI=1S/C31H35N3O5/c1-7-34(29(37)25(18-20(2)3)33-30(38)39-31(4,5)6)27(24-14-10-11-15-26(24)35)28(36)32-23-17-16-21-12-8-9-13-22(21)19-23/h1,8-17,19-20,25,27,35H,18H2,2-6H3,(H,32,36)(H,33,38). The summed E-state index contributed by atoms with van der Waals surface area (Å²) in [4.78, 5) is 41.0. The summed E-state index contributed by atoms with van der Waals surface area (Å²) in [5, 5.41) is 18.0. The maximum atomic E-state index is 13.8. The quantitative estimate of drug-likeness (QED) is 0.261. The molecule has 0 saturated carbocycles. The Morgan fingerprint density at radius 1 is 1.00 bits per heavy atom. The van der Waals surface area contributed by atoms with E-state index in [2.05, 4.69) is 16.7 Å². The van der Waals surface area contributed by atoms with Gasteiger partial charge in [-0.05, 0) is 62.1 Å². The molecule has 3 N–H and O–H groups in total. The van der Waals surface area contributed by atoms with E-state index in [9.17, 15) is 19.5 Å². The number of benzene rings is 3. The summed E-state index contributed by atoms with van der Waals surface area (Å²) in [5.41, 5.74) is -0.142. The van der Waals surface area contributed by atoms with E-state index in [0.29, 0.717) is 5.69 Å². The fourth-order valence-corrected chi connectivity index (χ4v) is 4.17. The van der Waals surface area contributed by atoms with Crippen molar-refractivity contribution in [3.63, 3.8) is 0 Å². The molecule has 204 valence electrons. The number of alkyl carbamates (subject to hydrolysis) is 1. The summed E-state index contributed by atoms with van der Waals surface area (Å²) in [6.45, 7) is 8.93. The molecule has 0 saturated heterocycles.